The molecule has 0 N–H and O–H groups in total. The number of rotatable bonds is 6. The number of fused-ring (bicyclic) bond motifs is 18. The van der Waals surface area contributed by atoms with E-state index in [0.717, 1.165) is 120 Å². The van der Waals surface area contributed by atoms with Gasteiger partial charge in [-0.15, -0.1) is 0 Å². The van der Waals surface area contributed by atoms with Gasteiger partial charge in [-0.05, 0) is 241 Å². The van der Waals surface area contributed by atoms with E-state index in [4.69, 9.17) is 19.8 Å². The molecule has 22 rings (SSSR count). The van der Waals surface area contributed by atoms with Crippen LogP contribution >= 0.6 is 0 Å². The van der Waals surface area contributed by atoms with Gasteiger partial charge in [0.2, 0.25) is 0 Å². The normalized spacial score (nSPS) is 14.1. The van der Waals surface area contributed by atoms with Gasteiger partial charge in [0, 0.05) is 21.5 Å². The van der Waals surface area contributed by atoms with E-state index >= 15 is 0 Å². The molecule has 0 aliphatic heterocycles. The van der Waals surface area contributed by atoms with Crippen LogP contribution in [0.5, 0.6) is 0 Å². The maximum absolute atomic E-state index is 9.56. The zero-order valence-corrected chi connectivity index (χ0v) is 54.2. The van der Waals surface area contributed by atoms with Gasteiger partial charge < -0.3 is 8.83 Å². The van der Waals surface area contributed by atoms with E-state index in [1.165, 1.54) is 0 Å². The topological polar surface area (TPSA) is 26.3 Å². The highest BCUT2D eigenvalue weighted by Gasteiger charge is 2.24. The Morgan fingerprint density at radius 1 is 0.176 bits per heavy atom. The molecular formula is C100H60O2. The summed E-state index contributed by atoms with van der Waals surface area (Å²) in [6.07, 6.45) is 0. The zero-order chi connectivity index (χ0) is 80.9. The first-order valence-corrected chi connectivity index (χ1v) is 33.9. The molecule has 0 aliphatic carbocycles. The molecule has 2 nitrogen and oxygen atoms in total. The van der Waals surface area contributed by atoms with Crippen LogP contribution in [0.3, 0.4) is 0 Å². The van der Waals surface area contributed by atoms with Crippen molar-refractivity contribution in [3.63, 3.8) is 0 Å². The fourth-order valence-corrected chi connectivity index (χ4v) is 16.0. The molecule has 2 heterocycles. The monoisotopic (exact) mass is 1310 g/mol. The summed E-state index contributed by atoms with van der Waals surface area (Å²) in [6, 6.07) is 81.4. The molecular weight excluding hydrogens is 1230 g/mol. The van der Waals surface area contributed by atoms with Crippen molar-refractivity contribution in [2.75, 3.05) is 0 Å². The molecule has 0 spiro atoms. The van der Waals surface area contributed by atoms with E-state index in [1.807, 2.05) is 206 Å². The Balaban J connectivity index is 0.000000147. The van der Waals surface area contributed by atoms with Crippen molar-refractivity contribution in [2.24, 2.45) is 0 Å². The first-order chi connectivity index (χ1) is 57.2. The van der Waals surface area contributed by atoms with Gasteiger partial charge in [-0.2, -0.15) is 0 Å². The van der Waals surface area contributed by atoms with Gasteiger partial charge in [0.1, 0.15) is 22.3 Å². The summed E-state index contributed by atoms with van der Waals surface area (Å²) in [4.78, 5) is 0. The molecule has 0 saturated carbocycles. The molecule has 0 unspecified atom stereocenters. The minimum atomic E-state index is -0.434. The highest BCUT2D eigenvalue weighted by molar-refractivity contribution is 6.28. The summed E-state index contributed by atoms with van der Waals surface area (Å²) >= 11 is 0. The summed E-state index contributed by atoms with van der Waals surface area (Å²) < 4.78 is 160. The second-order valence-electron chi connectivity index (χ2n) is 26.0. The second kappa shape index (κ2) is 23.1. The lowest BCUT2D eigenvalue weighted by molar-refractivity contribution is 0.669. The predicted molar refractivity (Wildman–Crippen MR) is 435 cm³/mol. The third kappa shape index (κ3) is 9.13. The summed E-state index contributed by atoms with van der Waals surface area (Å²) in [6.45, 7) is 0. The van der Waals surface area contributed by atoms with Crippen LogP contribution in [0, 0.1) is 0 Å². The molecule has 0 aliphatic rings. The SMILES string of the molecule is [2H]c1c([2H])c([2H])c2c(-c3cc(-c4ccc5c(c4)oc4ccc6ccccc6c45)cc4ccccc34)c3c([2H])c([2H])c([2H])c([2H])c3c(-c3ccc4ccccc4c3)c2c1[2H].[2H]c1c([2H])c([2H])c2c(-c3cc(-c4ccc5c(c4)oc4ccc6ccccc6c45)cc4ccccc34)c3c([2H])c([2H])c([2H])c([2H])c3c(-c3cccc4ccccc34)c2c1[2H]. The van der Waals surface area contributed by atoms with E-state index in [0.29, 0.717) is 55.7 Å². The van der Waals surface area contributed by atoms with Gasteiger partial charge in [0.25, 0.3) is 0 Å². The maximum Gasteiger partial charge on any atom is 0.136 e. The average molecular weight is 1310 g/mol. The Hall–Kier alpha value is -13.4. The molecule has 0 bridgehead atoms. The predicted octanol–water partition coefficient (Wildman–Crippen LogP) is 28.7. The first-order valence-electron chi connectivity index (χ1n) is 41.9. The van der Waals surface area contributed by atoms with Crippen molar-refractivity contribution in [1.29, 1.82) is 0 Å². The molecule has 0 radical (unpaired) electrons. The average Bonchev–Trinajstić information content (AvgIpc) is 0.742. The molecule has 0 atom stereocenters. The summed E-state index contributed by atoms with van der Waals surface area (Å²) in [7, 11) is 0. The van der Waals surface area contributed by atoms with Crippen molar-refractivity contribution in [3.05, 3.63) is 364 Å². The van der Waals surface area contributed by atoms with Crippen molar-refractivity contribution in [3.8, 4) is 66.8 Å². The molecule has 0 amide bonds. The smallest absolute Gasteiger partial charge is 0.136 e. The van der Waals surface area contributed by atoms with E-state index in [1.54, 1.807) is 0 Å². The minimum Gasteiger partial charge on any atom is -0.456 e. The summed E-state index contributed by atoms with van der Waals surface area (Å²) in [5.41, 5.74) is 9.87. The molecule has 20 aromatic carbocycles. The number of benzene rings is 20. The van der Waals surface area contributed by atoms with Crippen LogP contribution in [0.15, 0.2) is 372 Å². The van der Waals surface area contributed by atoms with Crippen LogP contribution in [-0.2, 0) is 0 Å². The van der Waals surface area contributed by atoms with Crippen molar-refractivity contribution in [1.82, 2.24) is 0 Å². The van der Waals surface area contributed by atoms with E-state index in [-0.39, 0.29) is 91.4 Å². The third-order valence-electron chi connectivity index (χ3n) is 20.5. The zero-order valence-electron chi connectivity index (χ0n) is 70.2. The fraction of sp³-hybridized carbons (Fsp3) is 0. The Morgan fingerprint density at radius 2 is 0.500 bits per heavy atom. The van der Waals surface area contributed by atoms with Crippen LogP contribution in [0.1, 0.15) is 21.9 Å². The van der Waals surface area contributed by atoms with Crippen LogP contribution in [0.2, 0.25) is 0 Å². The summed E-state index contributed by atoms with van der Waals surface area (Å²) in [5, 5.41) is 16.6. The van der Waals surface area contributed by atoms with Crippen LogP contribution in [-0.4, -0.2) is 0 Å². The van der Waals surface area contributed by atoms with E-state index in [9.17, 15) is 11.0 Å². The van der Waals surface area contributed by atoms with Gasteiger partial charge in [-0.1, -0.05) is 297 Å². The molecule has 472 valence electrons. The Morgan fingerprint density at radius 3 is 0.951 bits per heavy atom. The minimum absolute atomic E-state index is 0.179. The quantitative estimate of drug-likeness (QED) is 0.155. The highest BCUT2D eigenvalue weighted by Crippen LogP contribution is 2.51. The Bertz CT molecular complexity index is 8120. The lowest BCUT2D eigenvalue weighted by Crippen LogP contribution is -1.93. The molecule has 2 aromatic heterocycles. The lowest BCUT2D eigenvalue weighted by atomic mass is 9.83. The standard InChI is InChI=1S/2C50H30O/c1-4-16-36-31(12-1)15-11-23-39(36)48-40-19-7-9-21-42(40)49(43-22-10-8-20-41(43)48)45-29-35(28-34-14-3-5-17-37(34)45)33-24-26-44-47(30-33)51-46-27-25-32-13-2-6-18-38(32)50(44)46;1-2-13-33-27-36(22-21-31(33)11-1)48-40-17-7-9-19-42(40)49(43-20-10-8-18-41(43)48)45-29-37(28-35-14-4-5-15-38(35)45)34-23-25-44-47(30-34)51-46-26-24-32-12-3-6-16-39(32)50(44)46/h2*1-30H/i7D,8D,9D,10D,19D,20D,21D,22D;7D,8D,9D,10D,17D,18D,19D,20D. The molecule has 22 aromatic rings. The maximum atomic E-state index is 9.56. The Labute approximate surface area is 609 Å². The van der Waals surface area contributed by atoms with Gasteiger partial charge >= 0.3 is 0 Å². The number of hydrogen-bond acceptors (Lipinski definition) is 2. The fourth-order valence-electron chi connectivity index (χ4n) is 16.0. The van der Waals surface area contributed by atoms with Gasteiger partial charge in [-0.3, -0.25) is 0 Å². The van der Waals surface area contributed by atoms with Gasteiger partial charge in [0.05, 0.1) is 21.9 Å². The number of furan rings is 2. The molecule has 2 heteroatoms. The Kier molecular flexibility index (Phi) is 9.92. The van der Waals surface area contributed by atoms with Crippen LogP contribution < -0.4 is 0 Å². The second-order valence-corrected chi connectivity index (χ2v) is 26.0. The third-order valence-corrected chi connectivity index (χ3v) is 20.5. The molecule has 102 heavy (non-hydrogen) atoms. The summed E-state index contributed by atoms with van der Waals surface area (Å²) in [5.74, 6) is 0. The van der Waals surface area contributed by atoms with Gasteiger partial charge in [0.15, 0.2) is 0 Å². The van der Waals surface area contributed by atoms with Gasteiger partial charge in [-0.25, -0.2) is 0 Å². The molecule has 0 fully saturated rings. The highest BCUT2D eigenvalue weighted by atomic mass is 16.3. The largest absolute Gasteiger partial charge is 0.456 e. The van der Waals surface area contributed by atoms with Crippen molar-refractivity contribution < 1.29 is 30.8 Å². The van der Waals surface area contributed by atoms with E-state index < -0.39 is 48.3 Å². The van der Waals surface area contributed by atoms with Crippen LogP contribution in [0.25, 0.3) is 218 Å². The van der Waals surface area contributed by atoms with E-state index in [2.05, 4.69) is 60.7 Å². The van der Waals surface area contributed by atoms with Crippen LogP contribution in [0.4, 0.5) is 0 Å². The first kappa shape index (κ1) is 43.8. The molecule has 0 saturated heterocycles. The van der Waals surface area contributed by atoms with Crippen molar-refractivity contribution in [2.45, 2.75) is 0 Å². The van der Waals surface area contributed by atoms with Crippen molar-refractivity contribution >= 4 is 152 Å². The lowest BCUT2D eigenvalue weighted by Gasteiger charge is -2.20. The number of hydrogen-bond donors (Lipinski definition) is 0.